The lowest BCUT2D eigenvalue weighted by atomic mass is 9.92. The second-order valence-corrected chi connectivity index (χ2v) is 7.54. The van der Waals surface area contributed by atoms with Crippen molar-refractivity contribution in [3.8, 4) is 0 Å². The number of benzene rings is 2. The third-order valence-electron chi connectivity index (χ3n) is 5.46. The third kappa shape index (κ3) is 4.27. The van der Waals surface area contributed by atoms with Crippen LogP contribution in [0.15, 0.2) is 48.5 Å². The number of hydrogen-bond donors (Lipinski definition) is 2. The summed E-state index contributed by atoms with van der Waals surface area (Å²) in [5, 5.41) is 13.9. The van der Waals surface area contributed by atoms with Crippen molar-refractivity contribution in [2.24, 2.45) is 0 Å². The molecular formula is C23H22F2N2O2. The molecule has 0 aliphatic heterocycles. The highest BCUT2D eigenvalue weighted by molar-refractivity contribution is 5.96. The quantitative estimate of drug-likeness (QED) is 0.697. The molecule has 0 saturated heterocycles. The van der Waals surface area contributed by atoms with Crippen LogP contribution >= 0.6 is 0 Å². The van der Waals surface area contributed by atoms with Crippen LogP contribution in [0.2, 0.25) is 0 Å². The fourth-order valence-electron chi connectivity index (χ4n) is 3.90. The van der Waals surface area contributed by atoms with Crippen LogP contribution in [0.25, 0.3) is 10.9 Å². The molecule has 1 aromatic heterocycles. The average Bonchev–Trinajstić information content (AvgIpc) is 2.72. The van der Waals surface area contributed by atoms with Crippen LogP contribution in [0.1, 0.15) is 47.3 Å². The first kappa shape index (κ1) is 19.5. The van der Waals surface area contributed by atoms with E-state index < -0.39 is 17.7 Å². The summed E-state index contributed by atoms with van der Waals surface area (Å²) in [6.45, 7) is 0. The van der Waals surface area contributed by atoms with Gasteiger partial charge in [0, 0.05) is 5.39 Å². The maximum absolute atomic E-state index is 13.6. The van der Waals surface area contributed by atoms with E-state index in [-0.39, 0.29) is 17.6 Å². The van der Waals surface area contributed by atoms with E-state index >= 15 is 0 Å². The molecule has 2 aromatic carbocycles. The van der Waals surface area contributed by atoms with Crippen LogP contribution in [-0.4, -0.2) is 28.1 Å². The molecule has 0 spiro atoms. The molecule has 1 heterocycles. The van der Waals surface area contributed by atoms with Crippen molar-refractivity contribution in [2.45, 2.75) is 44.2 Å². The van der Waals surface area contributed by atoms with Gasteiger partial charge in [0.15, 0.2) is 11.6 Å². The van der Waals surface area contributed by atoms with Gasteiger partial charge in [-0.25, -0.2) is 13.8 Å². The van der Waals surface area contributed by atoms with E-state index in [0.717, 1.165) is 36.3 Å². The largest absolute Gasteiger partial charge is 0.391 e. The Morgan fingerprint density at radius 1 is 1.07 bits per heavy atom. The highest BCUT2D eigenvalue weighted by Crippen LogP contribution is 2.23. The zero-order valence-corrected chi connectivity index (χ0v) is 15.9. The van der Waals surface area contributed by atoms with Crippen LogP contribution in [0.5, 0.6) is 0 Å². The van der Waals surface area contributed by atoms with Gasteiger partial charge >= 0.3 is 0 Å². The third-order valence-corrected chi connectivity index (χ3v) is 5.46. The first-order valence-corrected chi connectivity index (χ1v) is 9.83. The molecule has 1 aliphatic carbocycles. The van der Waals surface area contributed by atoms with Crippen molar-refractivity contribution in [3.63, 3.8) is 0 Å². The molecule has 2 atom stereocenters. The van der Waals surface area contributed by atoms with Crippen LogP contribution in [0.4, 0.5) is 8.78 Å². The fourth-order valence-corrected chi connectivity index (χ4v) is 3.90. The van der Waals surface area contributed by atoms with Gasteiger partial charge in [-0.05, 0) is 54.7 Å². The Bertz CT molecular complexity index is 1050. The predicted molar refractivity (Wildman–Crippen MR) is 107 cm³/mol. The zero-order valence-electron chi connectivity index (χ0n) is 15.9. The molecule has 2 unspecified atom stereocenters. The molecule has 29 heavy (non-hydrogen) atoms. The lowest BCUT2D eigenvalue weighted by Gasteiger charge is -2.28. The minimum atomic E-state index is -0.898. The number of carbonyl (C=O) groups excluding carboxylic acids is 1. The van der Waals surface area contributed by atoms with E-state index in [1.54, 1.807) is 6.07 Å². The Kier molecular flexibility index (Phi) is 5.53. The number of fused-ring (bicyclic) bond motifs is 1. The summed E-state index contributed by atoms with van der Waals surface area (Å²) >= 11 is 0. The molecule has 1 fully saturated rings. The van der Waals surface area contributed by atoms with Gasteiger partial charge in [-0.15, -0.1) is 0 Å². The number of halogens is 2. The number of para-hydroxylation sites is 1. The summed E-state index contributed by atoms with van der Waals surface area (Å²) in [6.07, 6.45) is 3.14. The summed E-state index contributed by atoms with van der Waals surface area (Å²) < 4.78 is 26.9. The Hall–Kier alpha value is -2.86. The second kappa shape index (κ2) is 8.25. The number of carbonyl (C=O) groups is 1. The molecule has 1 aliphatic rings. The highest BCUT2D eigenvalue weighted by Gasteiger charge is 2.25. The molecule has 1 amide bonds. The monoisotopic (exact) mass is 396 g/mol. The maximum atomic E-state index is 13.6. The minimum Gasteiger partial charge on any atom is -0.391 e. The van der Waals surface area contributed by atoms with Crippen LogP contribution in [-0.2, 0) is 6.42 Å². The van der Waals surface area contributed by atoms with E-state index in [9.17, 15) is 18.7 Å². The summed E-state index contributed by atoms with van der Waals surface area (Å²) in [7, 11) is 0. The molecule has 0 bridgehead atoms. The predicted octanol–water partition coefficient (Wildman–Crippen LogP) is 4.14. The topological polar surface area (TPSA) is 62.2 Å². The number of aliphatic hydroxyl groups is 1. The number of aliphatic hydroxyl groups excluding tert-OH is 1. The van der Waals surface area contributed by atoms with Crippen molar-refractivity contribution in [1.29, 1.82) is 0 Å². The second-order valence-electron chi connectivity index (χ2n) is 7.54. The lowest BCUT2D eigenvalue weighted by Crippen LogP contribution is -2.45. The lowest BCUT2D eigenvalue weighted by molar-refractivity contribution is 0.0714. The van der Waals surface area contributed by atoms with Crippen molar-refractivity contribution in [1.82, 2.24) is 10.3 Å². The van der Waals surface area contributed by atoms with E-state index in [1.165, 1.54) is 12.1 Å². The van der Waals surface area contributed by atoms with E-state index in [4.69, 9.17) is 0 Å². The van der Waals surface area contributed by atoms with E-state index in [2.05, 4.69) is 10.3 Å². The Morgan fingerprint density at radius 2 is 1.86 bits per heavy atom. The molecule has 4 nitrogen and oxygen atoms in total. The SMILES string of the molecule is O=C(NC1CCCCC1O)c1cc(Cc2ccc(F)c(F)c2)c2ccccc2n1. The smallest absolute Gasteiger partial charge is 0.270 e. The van der Waals surface area contributed by atoms with Crippen LogP contribution in [0, 0.1) is 11.6 Å². The molecule has 2 N–H and O–H groups in total. The number of hydrogen-bond acceptors (Lipinski definition) is 3. The molecule has 6 heteroatoms. The summed E-state index contributed by atoms with van der Waals surface area (Å²) in [6, 6.07) is 12.6. The first-order chi connectivity index (χ1) is 14.0. The van der Waals surface area contributed by atoms with Gasteiger partial charge in [-0.3, -0.25) is 4.79 Å². The molecular weight excluding hydrogens is 374 g/mol. The number of amides is 1. The Morgan fingerprint density at radius 3 is 2.66 bits per heavy atom. The molecule has 4 rings (SSSR count). The van der Waals surface area contributed by atoms with Gasteiger partial charge < -0.3 is 10.4 Å². The van der Waals surface area contributed by atoms with E-state index in [1.807, 2.05) is 24.3 Å². The van der Waals surface area contributed by atoms with Gasteiger partial charge in [0.1, 0.15) is 5.69 Å². The van der Waals surface area contributed by atoms with Crippen molar-refractivity contribution in [3.05, 3.63) is 77.0 Å². The van der Waals surface area contributed by atoms with Gasteiger partial charge in [0.05, 0.1) is 17.7 Å². The van der Waals surface area contributed by atoms with E-state index in [0.29, 0.717) is 23.9 Å². The van der Waals surface area contributed by atoms with Crippen molar-refractivity contribution in [2.75, 3.05) is 0 Å². The molecule has 3 aromatic rings. The Labute approximate surface area is 167 Å². The highest BCUT2D eigenvalue weighted by atomic mass is 19.2. The molecule has 150 valence electrons. The van der Waals surface area contributed by atoms with Gasteiger partial charge in [0.2, 0.25) is 0 Å². The number of pyridine rings is 1. The number of aromatic nitrogens is 1. The maximum Gasteiger partial charge on any atom is 0.270 e. The first-order valence-electron chi connectivity index (χ1n) is 9.83. The fraction of sp³-hybridized carbons (Fsp3) is 0.304. The number of nitrogens with zero attached hydrogens (tertiary/aromatic N) is 1. The molecule has 1 saturated carbocycles. The Balaban J connectivity index is 1.66. The standard InChI is InChI=1S/C23H22F2N2O2/c24-17-10-9-14(12-18(17)25)11-15-13-21(26-19-6-2-1-5-16(15)19)23(29)27-20-7-3-4-8-22(20)28/h1-2,5-6,9-10,12-13,20,22,28H,3-4,7-8,11H2,(H,27,29). The van der Waals surface area contributed by atoms with Crippen LogP contribution in [0.3, 0.4) is 0 Å². The normalized spacial score (nSPS) is 19.3. The summed E-state index contributed by atoms with van der Waals surface area (Å²) in [5.41, 5.74) is 2.31. The zero-order chi connectivity index (χ0) is 20.4. The number of rotatable bonds is 4. The van der Waals surface area contributed by atoms with Crippen molar-refractivity contribution < 1.29 is 18.7 Å². The molecule has 0 radical (unpaired) electrons. The van der Waals surface area contributed by atoms with Crippen LogP contribution < -0.4 is 5.32 Å². The van der Waals surface area contributed by atoms with Gasteiger partial charge in [-0.1, -0.05) is 37.1 Å². The summed E-state index contributed by atoms with van der Waals surface area (Å²) in [5.74, 6) is -2.13. The van der Waals surface area contributed by atoms with Gasteiger partial charge in [0.25, 0.3) is 5.91 Å². The number of nitrogens with one attached hydrogen (secondary N) is 1. The van der Waals surface area contributed by atoms with Gasteiger partial charge in [-0.2, -0.15) is 0 Å². The van der Waals surface area contributed by atoms with Crippen molar-refractivity contribution >= 4 is 16.8 Å². The average molecular weight is 396 g/mol. The minimum absolute atomic E-state index is 0.249. The summed E-state index contributed by atoms with van der Waals surface area (Å²) in [4.78, 5) is 17.3.